The van der Waals surface area contributed by atoms with Crippen molar-refractivity contribution in [1.82, 2.24) is 10.2 Å². The van der Waals surface area contributed by atoms with Gasteiger partial charge >= 0.3 is 0 Å². The van der Waals surface area contributed by atoms with Crippen LogP contribution in [0.4, 0.5) is 0 Å². The van der Waals surface area contributed by atoms with Crippen molar-refractivity contribution in [2.45, 2.75) is 90.4 Å². The fourth-order valence-electron chi connectivity index (χ4n) is 3.24. The minimum atomic E-state index is -0.160. The lowest BCUT2D eigenvalue weighted by Crippen LogP contribution is -2.46. The first-order chi connectivity index (χ1) is 9.02. The zero-order valence-electron chi connectivity index (χ0n) is 13.0. The van der Waals surface area contributed by atoms with Gasteiger partial charge in [-0.15, -0.1) is 0 Å². The predicted molar refractivity (Wildman–Crippen MR) is 78.8 cm³/mol. The van der Waals surface area contributed by atoms with Gasteiger partial charge in [0, 0.05) is 6.04 Å². The third kappa shape index (κ3) is 2.96. The van der Waals surface area contributed by atoms with Crippen LogP contribution in [-0.2, 0) is 4.79 Å². The van der Waals surface area contributed by atoms with Gasteiger partial charge in [-0.25, -0.2) is 0 Å². The van der Waals surface area contributed by atoms with Gasteiger partial charge in [-0.05, 0) is 32.1 Å². The first kappa shape index (κ1) is 14.8. The maximum absolute atomic E-state index is 12.6. The molecule has 1 saturated heterocycles. The molecular weight excluding hydrogens is 236 g/mol. The van der Waals surface area contributed by atoms with Gasteiger partial charge in [0.2, 0.25) is 5.91 Å². The van der Waals surface area contributed by atoms with Gasteiger partial charge in [0.25, 0.3) is 0 Å². The van der Waals surface area contributed by atoms with Crippen molar-refractivity contribution >= 4 is 5.91 Å². The molecule has 1 aliphatic heterocycles. The molecule has 0 aromatic heterocycles. The summed E-state index contributed by atoms with van der Waals surface area (Å²) in [6.07, 6.45) is 8.60. The predicted octanol–water partition coefficient (Wildman–Crippen LogP) is 3.29. The van der Waals surface area contributed by atoms with E-state index in [1.807, 2.05) is 0 Å². The first-order valence-corrected chi connectivity index (χ1v) is 8.12. The fraction of sp³-hybridized carbons (Fsp3) is 0.938. The van der Waals surface area contributed by atoms with E-state index < -0.39 is 0 Å². The molecule has 19 heavy (non-hydrogen) atoms. The van der Waals surface area contributed by atoms with Gasteiger partial charge in [-0.2, -0.15) is 0 Å². The number of carbonyl (C=O) groups is 1. The summed E-state index contributed by atoms with van der Waals surface area (Å²) in [6, 6.07) is 0.379. The molecule has 110 valence electrons. The van der Waals surface area contributed by atoms with Crippen molar-refractivity contribution in [3.8, 4) is 0 Å². The molecule has 0 aromatic rings. The average Bonchev–Trinajstić information content (AvgIpc) is 3.07. The van der Waals surface area contributed by atoms with Crippen LogP contribution < -0.4 is 5.32 Å². The summed E-state index contributed by atoms with van der Waals surface area (Å²) in [5, 5.41) is 3.60. The molecule has 2 unspecified atom stereocenters. The Kier molecular flexibility index (Phi) is 4.54. The molecule has 0 radical (unpaired) electrons. The van der Waals surface area contributed by atoms with Gasteiger partial charge in [0.05, 0.1) is 11.7 Å². The van der Waals surface area contributed by atoms with E-state index in [0.717, 1.165) is 19.3 Å². The molecular formula is C16H30N2O. The molecule has 1 aliphatic carbocycles. The van der Waals surface area contributed by atoms with Crippen molar-refractivity contribution in [1.29, 1.82) is 0 Å². The van der Waals surface area contributed by atoms with Crippen LogP contribution in [0.1, 0.15) is 72.6 Å². The molecule has 2 atom stereocenters. The summed E-state index contributed by atoms with van der Waals surface area (Å²) in [4.78, 5) is 14.8. The molecule has 1 heterocycles. The van der Waals surface area contributed by atoms with E-state index in [-0.39, 0.29) is 11.7 Å². The van der Waals surface area contributed by atoms with E-state index in [1.165, 1.54) is 25.7 Å². The zero-order chi connectivity index (χ0) is 14.0. The van der Waals surface area contributed by atoms with E-state index in [9.17, 15) is 4.79 Å². The molecule has 1 N–H and O–H groups in total. The highest BCUT2D eigenvalue weighted by atomic mass is 16.2. The highest BCUT2D eigenvalue weighted by molar-refractivity contribution is 5.92. The summed E-state index contributed by atoms with van der Waals surface area (Å²) in [7, 11) is 0. The van der Waals surface area contributed by atoms with Gasteiger partial charge in [0.1, 0.15) is 0 Å². The van der Waals surface area contributed by atoms with E-state index >= 15 is 0 Å². The van der Waals surface area contributed by atoms with Crippen LogP contribution >= 0.6 is 0 Å². The Morgan fingerprint density at radius 2 is 1.95 bits per heavy atom. The monoisotopic (exact) mass is 266 g/mol. The Bertz CT molecular complexity index is 323. The molecule has 1 amide bonds. The maximum Gasteiger partial charge on any atom is 0.244 e. The Labute approximate surface area is 118 Å². The van der Waals surface area contributed by atoms with Crippen LogP contribution in [0.25, 0.3) is 0 Å². The Morgan fingerprint density at radius 1 is 1.26 bits per heavy atom. The van der Waals surface area contributed by atoms with Crippen molar-refractivity contribution in [3.05, 3.63) is 0 Å². The fourth-order valence-corrected chi connectivity index (χ4v) is 3.24. The van der Waals surface area contributed by atoms with Crippen LogP contribution in [-0.4, -0.2) is 28.6 Å². The van der Waals surface area contributed by atoms with Crippen molar-refractivity contribution in [3.63, 3.8) is 0 Å². The number of amides is 1. The van der Waals surface area contributed by atoms with Gasteiger partial charge in [-0.3, -0.25) is 10.1 Å². The third-order valence-corrected chi connectivity index (χ3v) is 4.70. The van der Waals surface area contributed by atoms with E-state index in [1.54, 1.807) is 0 Å². The molecule has 2 aliphatic rings. The minimum Gasteiger partial charge on any atom is -0.323 e. The van der Waals surface area contributed by atoms with E-state index in [2.05, 4.69) is 37.9 Å². The second kappa shape index (κ2) is 5.82. The third-order valence-electron chi connectivity index (χ3n) is 4.70. The Balaban J connectivity index is 1.93. The highest BCUT2D eigenvalue weighted by Crippen LogP contribution is 2.44. The normalized spacial score (nSPS) is 26.5. The van der Waals surface area contributed by atoms with Crippen LogP contribution in [0.3, 0.4) is 0 Å². The molecule has 0 aromatic carbocycles. The average molecular weight is 266 g/mol. The Morgan fingerprint density at radius 3 is 2.47 bits per heavy atom. The van der Waals surface area contributed by atoms with Gasteiger partial charge in [0.15, 0.2) is 0 Å². The number of carbonyl (C=O) groups excluding carboxylic acids is 1. The molecule has 1 saturated carbocycles. The first-order valence-electron chi connectivity index (χ1n) is 8.12. The summed E-state index contributed by atoms with van der Waals surface area (Å²) in [5.41, 5.74) is -0.160. The maximum atomic E-state index is 12.6. The summed E-state index contributed by atoms with van der Waals surface area (Å²) < 4.78 is 0. The zero-order valence-corrected chi connectivity index (χ0v) is 13.0. The van der Waals surface area contributed by atoms with Crippen molar-refractivity contribution < 1.29 is 4.79 Å². The van der Waals surface area contributed by atoms with E-state index in [4.69, 9.17) is 0 Å². The molecule has 0 bridgehead atoms. The standard InChI is InChI=1S/C16H30N2O/c1-5-6-7-8-9-13(4)18-14(12(2)3)17-16(10-11-16)15(18)19/h12-14,17H,5-11H2,1-4H3. The lowest BCUT2D eigenvalue weighted by Gasteiger charge is -2.32. The topological polar surface area (TPSA) is 32.3 Å². The lowest BCUT2D eigenvalue weighted by atomic mass is 10.0. The Hall–Kier alpha value is -0.570. The smallest absolute Gasteiger partial charge is 0.244 e. The highest BCUT2D eigenvalue weighted by Gasteiger charge is 2.60. The van der Waals surface area contributed by atoms with Gasteiger partial charge in [-0.1, -0.05) is 46.5 Å². The van der Waals surface area contributed by atoms with Crippen LogP contribution in [0, 0.1) is 5.92 Å². The molecule has 1 spiro atoms. The molecule has 3 heteroatoms. The molecule has 2 rings (SSSR count). The second-order valence-corrected chi connectivity index (χ2v) is 6.83. The molecule has 2 fully saturated rings. The quantitative estimate of drug-likeness (QED) is 0.717. The number of nitrogens with one attached hydrogen (secondary N) is 1. The lowest BCUT2D eigenvalue weighted by molar-refractivity contribution is -0.133. The van der Waals surface area contributed by atoms with Crippen molar-refractivity contribution in [2.24, 2.45) is 5.92 Å². The number of nitrogens with zero attached hydrogens (tertiary/aromatic N) is 1. The SMILES string of the molecule is CCCCCCC(C)N1C(=O)C2(CC2)NC1C(C)C. The minimum absolute atomic E-state index is 0.160. The van der Waals surface area contributed by atoms with Crippen molar-refractivity contribution in [2.75, 3.05) is 0 Å². The summed E-state index contributed by atoms with van der Waals surface area (Å²) >= 11 is 0. The molecule has 3 nitrogen and oxygen atoms in total. The largest absolute Gasteiger partial charge is 0.323 e. The van der Waals surface area contributed by atoms with E-state index in [0.29, 0.717) is 17.9 Å². The van der Waals surface area contributed by atoms with Crippen LogP contribution in [0.2, 0.25) is 0 Å². The van der Waals surface area contributed by atoms with Crippen LogP contribution in [0.5, 0.6) is 0 Å². The number of hydrogen-bond acceptors (Lipinski definition) is 2. The second-order valence-electron chi connectivity index (χ2n) is 6.83. The summed E-state index contributed by atoms with van der Waals surface area (Å²) in [5.74, 6) is 0.858. The number of rotatable bonds is 7. The number of unbranched alkanes of at least 4 members (excludes halogenated alkanes) is 3. The van der Waals surface area contributed by atoms with Crippen LogP contribution in [0.15, 0.2) is 0 Å². The number of hydrogen-bond donors (Lipinski definition) is 1. The van der Waals surface area contributed by atoms with Gasteiger partial charge < -0.3 is 4.90 Å². The summed E-state index contributed by atoms with van der Waals surface area (Å²) in [6.45, 7) is 8.89.